The van der Waals surface area contributed by atoms with Gasteiger partial charge in [0.25, 0.3) is 0 Å². The average Bonchev–Trinajstić information content (AvgIpc) is 2.72. The number of anilines is 1. The maximum absolute atomic E-state index is 5.90. The number of rotatable bonds is 4. The molecule has 0 radical (unpaired) electrons. The van der Waals surface area contributed by atoms with E-state index >= 15 is 0 Å². The number of nitrogens with zero attached hydrogens (tertiary/aromatic N) is 2. The topological polar surface area (TPSA) is 47.0 Å². The molecule has 17 heavy (non-hydrogen) atoms. The number of nitrogens with one attached hydrogen (secondary N) is 1. The van der Waals surface area contributed by atoms with Gasteiger partial charge in [-0.15, -0.1) is 11.3 Å². The number of ether oxygens (including phenoxy) is 1. The molecular weight excluding hydrogens is 258 g/mol. The molecular formula is C11H12ClN3OS. The molecule has 2 aromatic heterocycles. The largest absolute Gasteiger partial charge is 0.490 e. The summed E-state index contributed by atoms with van der Waals surface area (Å²) in [7, 11) is 1.55. The summed E-state index contributed by atoms with van der Waals surface area (Å²) in [6.07, 6.45) is 1.41. The molecule has 4 nitrogen and oxygen atoms in total. The van der Waals surface area contributed by atoms with Crippen LogP contribution in [0.2, 0.25) is 5.15 Å². The zero-order valence-corrected chi connectivity index (χ0v) is 11.1. The van der Waals surface area contributed by atoms with Crippen molar-refractivity contribution < 1.29 is 4.74 Å². The summed E-state index contributed by atoms with van der Waals surface area (Å²) < 4.78 is 5.15. The van der Waals surface area contributed by atoms with Crippen molar-refractivity contribution in [2.75, 3.05) is 12.4 Å². The Balaban J connectivity index is 2.11. The lowest BCUT2D eigenvalue weighted by molar-refractivity contribution is 0.413. The molecule has 2 rings (SSSR count). The quantitative estimate of drug-likeness (QED) is 0.867. The van der Waals surface area contributed by atoms with Crippen LogP contribution < -0.4 is 10.1 Å². The van der Waals surface area contributed by atoms with E-state index in [0.29, 0.717) is 23.3 Å². The van der Waals surface area contributed by atoms with E-state index in [0.717, 1.165) is 0 Å². The van der Waals surface area contributed by atoms with E-state index in [1.54, 1.807) is 18.4 Å². The number of hydrogen-bond donors (Lipinski definition) is 1. The van der Waals surface area contributed by atoms with Crippen molar-refractivity contribution in [1.29, 1.82) is 0 Å². The van der Waals surface area contributed by atoms with Gasteiger partial charge in [0.05, 0.1) is 13.7 Å². The van der Waals surface area contributed by atoms with Crippen molar-refractivity contribution in [1.82, 2.24) is 9.97 Å². The summed E-state index contributed by atoms with van der Waals surface area (Å²) in [5.41, 5.74) is 0. The predicted octanol–water partition coefficient (Wildman–Crippen LogP) is 3.12. The minimum Gasteiger partial charge on any atom is -0.490 e. The van der Waals surface area contributed by atoms with Crippen molar-refractivity contribution in [2.24, 2.45) is 0 Å². The lowest BCUT2D eigenvalue weighted by atomic mass is 10.4. The lowest BCUT2D eigenvalue weighted by Crippen LogP contribution is -2.03. The van der Waals surface area contributed by atoms with E-state index in [1.807, 2.05) is 0 Å². The van der Waals surface area contributed by atoms with E-state index in [2.05, 4.69) is 34.3 Å². The van der Waals surface area contributed by atoms with Gasteiger partial charge in [-0.2, -0.15) is 0 Å². The van der Waals surface area contributed by atoms with E-state index < -0.39 is 0 Å². The summed E-state index contributed by atoms with van der Waals surface area (Å²) in [5.74, 6) is 1.08. The molecule has 0 aliphatic carbocycles. The number of thiophene rings is 1. The van der Waals surface area contributed by atoms with Crippen molar-refractivity contribution in [3.63, 3.8) is 0 Å². The Labute approximate surface area is 109 Å². The first-order chi connectivity index (χ1) is 8.20. The Hall–Kier alpha value is -1.33. The van der Waals surface area contributed by atoms with Crippen LogP contribution in [-0.2, 0) is 6.54 Å². The van der Waals surface area contributed by atoms with Crippen LogP contribution in [0.25, 0.3) is 0 Å². The molecule has 90 valence electrons. The maximum Gasteiger partial charge on any atom is 0.198 e. The molecule has 0 unspecified atom stereocenters. The molecule has 0 bridgehead atoms. The van der Waals surface area contributed by atoms with Crippen LogP contribution in [-0.4, -0.2) is 17.1 Å². The van der Waals surface area contributed by atoms with Gasteiger partial charge in [0.1, 0.15) is 6.33 Å². The van der Waals surface area contributed by atoms with Gasteiger partial charge in [-0.1, -0.05) is 11.6 Å². The molecule has 0 aromatic carbocycles. The van der Waals surface area contributed by atoms with Crippen LogP contribution in [0.3, 0.4) is 0 Å². The number of halogens is 1. The lowest BCUT2D eigenvalue weighted by Gasteiger charge is -2.09. The Morgan fingerprint density at radius 3 is 2.88 bits per heavy atom. The van der Waals surface area contributed by atoms with Crippen LogP contribution >= 0.6 is 22.9 Å². The van der Waals surface area contributed by atoms with Gasteiger partial charge < -0.3 is 10.1 Å². The zero-order valence-electron chi connectivity index (χ0n) is 9.53. The first-order valence-corrected chi connectivity index (χ1v) is 6.24. The summed E-state index contributed by atoms with van der Waals surface area (Å²) >= 11 is 7.65. The molecule has 0 fully saturated rings. The molecule has 0 amide bonds. The number of aryl methyl sites for hydroxylation is 1. The summed E-state index contributed by atoms with van der Waals surface area (Å²) in [6.45, 7) is 2.78. The summed E-state index contributed by atoms with van der Waals surface area (Å²) in [5, 5.41) is 3.50. The standard InChI is InChI=1S/C11H12ClN3OS/c1-7-3-4-8(17-7)5-13-11-9(16-2)10(12)14-6-15-11/h3-4,6H,5H2,1-2H3,(H,13,14,15). The first kappa shape index (κ1) is 12.1. The SMILES string of the molecule is COc1c(Cl)ncnc1NCc1ccc(C)s1. The normalized spacial score (nSPS) is 10.3. The molecule has 1 N–H and O–H groups in total. The third kappa shape index (κ3) is 2.87. The molecule has 0 spiro atoms. The summed E-state index contributed by atoms with van der Waals surface area (Å²) in [4.78, 5) is 10.5. The second-order valence-electron chi connectivity index (χ2n) is 3.41. The van der Waals surface area contributed by atoms with E-state index in [1.165, 1.54) is 16.1 Å². The minimum absolute atomic E-state index is 0.312. The van der Waals surface area contributed by atoms with Crippen molar-refractivity contribution in [3.8, 4) is 5.75 Å². The Bertz CT molecular complexity index is 515. The van der Waals surface area contributed by atoms with Crippen molar-refractivity contribution >= 4 is 28.8 Å². The third-order valence-corrected chi connectivity index (χ3v) is 3.46. The fourth-order valence-electron chi connectivity index (χ4n) is 1.41. The van der Waals surface area contributed by atoms with Crippen molar-refractivity contribution in [3.05, 3.63) is 33.4 Å². The maximum atomic E-state index is 5.90. The van der Waals surface area contributed by atoms with Crippen LogP contribution in [0.4, 0.5) is 5.82 Å². The van der Waals surface area contributed by atoms with Gasteiger partial charge in [-0.3, -0.25) is 0 Å². The Kier molecular flexibility index (Phi) is 3.81. The Morgan fingerprint density at radius 2 is 2.24 bits per heavy atom. The zero-order chi connectivity index (χ0) is 12.3. The van der Waals surface area contributed by atoms with Crippen LogP contribution in [0.15, 0.2) is 18.5 Å². The highest BCUT2D eigenvalue weighted by Gasteiger charge is 2.09. The van der Waals surface area contributed by atoms with Crippen LogP contribution in [0.1, 0.15) is 9.75 Å². The van der Waals surface area contributed by atoms with E-state index in [4.69, 9.17) is 16.3 Å². The highest BCUT2D eigenvalue weighted by molar-refractivity contribution is 7.11. The van der Waals surface area contributed by atoms with Gasteiger partial charge in [-0.05, 0) is 19.1 Å². The van der Waals surface area contributed by atoms with Gasteiger partial charge in [-0.25, -0.2) is 9.97 Å². The molecule has 0 aliphatic heterocycles. The first-order valence-electron chi connectivity index (χ1n) is 5.04. The fourth-order valence-corrected chi connectivity index (χ4v) is 2.45. The molecule has 0 atom stereocenters. The predicted molar refractivity (Wildman–Crippen MR) is 70.0 cm³/mol. The van der Waals surface area contributed by atoms with Gasteiger partial charge in [0.15, 0.2) is 16.7 Å². The molecule has 6 heteroatoms. The molecule has 0 saturated heterocycles. The highest BCUT2D eigenvalue weighted by atomic mass is 35.5. The van der Waals surface area contributed by atoms with Crippen LogP contribution in [0.5, 0.6) is 5.75 Å². The van der Waals surface area contributed by atoms with E-state index in [9.17, 15) is 0 Å². The average molecular weight is 270 g/mol. The Morgan fingerprint density at radius 1 is 1.41 bits per heavy atom. The van der Waals surface area contributed by atoms with Gasteiger partial charge in [0, 0.05) is 9.75 Å². The van der Waals surface area contributed by atoms with E-state index in [-0.39, 0.29) is 0 Å². The molecule has 2 aromatic rings. The fraction of sp³-hybridized carbons (Fsp3) is 0.273. The number of methoxy groups -OCH3 is 1. The van der Waals surface area contributed by atoms with Gasteiger partial charge in [0.2, 0.25) is 0 Å². The second kappa shape index (κ2) is 5.33. The minimum atomic E-state index is 0.312. The van der Waals surface area contributed by atoms with Crippen molar-refractivity contribution in [2.45, 2.75) is 13.5 Å². The molecule has 0 aliphatic rings. The smallest absolute Gasteiger partial charge is 0.198 e. The number of aromatic nitrogens is 2. The monoisotopic (exact) mass is 269 g/mol. The second-order valence-corrected chi connectivity index (χ2v) is 5.14. The van der Waals surface area contributed by atoms with Crippen LogP contribution in [0, 0.1) is 6.92 Å². The molecule has 2 heterocycles. The third-order valence-electron chi connectivity index (χ3n) is 2.19. The van der Waals surface area contributed by atoms with Gasteiger partial charge >= 0.3 is 0 Å². The summed E-state index contributed by atoms with van der Waals surface area (Å²) in [6, 6.07) is 4.17. The molecule has 0 saturated carbocycles. The highest BCUT2D eigenvalue weighted by Crippen LogP contribution is 2.29. The number of hydrogen-bond acceptors (Lipinski definition) is 5.